The lowest BCUT2D eigenvalue weighted by molar-refractivity contribution is 0.531. The fourth-order valence-electron chi connectivity index (χ4n) is 2.69. The van der Waals surface area contributed by atoms with Crippen LogP contribution in [-0.2, 0) is 0 Å². The van der Waals surface area contributed by atoms with Gasteiger partial charge in [-0.15, -0.1) is 11.3 Å². The molecule has 0 aliphatic carbocycles. The van der Waals surface area contributed by atoms with Crippen molar-refractivity contribution in [2.45, 2.75) is 26.3 Å². The minimum Gasteiger partial charge on any atom is -0.378 e. The maximum absolute atomic E-state index is 3.71. The molecule has 1 N–H and O–H groups in total. The summed E-state index contributed by atoms with van der Waals surface area (Å²) in [6, 6.07) is 19.9. The summed E-state index contributed by atoms with van der Waals surface area (Å²) in [5.74, 6) is 0.660. The number of hydrogen-bond acceptors (Lipinski definition) is 2. The lowest BCUT2D eigenvalue weighted by Gasteiger charge is -2.22. The van der Waals surface area contributed by atoms with Crippen molar-refractivity contribution in [3.8, 4) is 0 Å². The molecule has 21 heavy (non-hydrogen) atoms. The second-order valence-electron chi connectivity index (χ2n) is 5.91. The Kier molecular flexibility index (Phi) is 4.26. The Bertz CT molecular complexity index is 700. The minimum atomic E-state index is 0.363. The molecular formula is C19H21NS. The second kappa shape index (κ2) is 6.31. The van der Waals surface area contributed by atoms with Crippen molar-refractivity contribution in [2.75, 3.05) is 5.32 Å². The molecule has 0 amide bonds. The van der Waals surface area contributed by atoms with Crippen LogP contribution >= 0.6 is 11.3 Å². The van der Waals surface area contributed by atoms with Gasteiger partial charge in [-0.2, -0.15) is 0 Å². The van der Waals surface area contributed by atoms with Crippen molar-refractivity contribution < 1.29 is 0 Å². The third-order valence-corrected chi connectivity index (χ3v) is 4.60. The Labute approximate surface area is 130 Å². The standard InChI is InChI=1S/C19H21NS/c1-14(2)12-18(15-6-4-3-5-7-15)20-17-8-9-19-16(13-17)10-11-21-19/h3-11,13-14,18,20H,12H2,1-2H3. The lowest BCUT2D eigenvalue weighted by Crippen LogP contribution is -2.13. The molecule has 1 heterocycles. The lowest BCUT2D eigenvalue weighted by atomic mass is 9.96. The molecule has 3 aromatic rings. The first-order valence-electron chi connectivity index (χ1n) is 7.51. The van der Waals surface area contributed by atoms with Crippen LogP contribution in [0.1, 0.15) is 31.9 Å². The van der Waals surface area contributed by atoms with Gasteiger partial charge in [0.1, 0.15) is 0 Å². The molecule has 2 heteroatoms. The molecule has 3 rings (SSSR count). The molecule has 1 nitrogen and oxygen atoms in total. The topological polar surface area (TPSA) is 12.0 Å². The highest BCUT2D eigenvalue weighted by Crippen LogP contribution is 2.29. The van der Waals surface area contributed by atoms with Crippen LogP contribution in [0.2, 0.25) is 0 Å². The summed E-state index contributed by atoms with van der Waals surface area (Å²) in [5.41, 5.74) is 2.56. The van der Waals surface area contributed by atoms with E-state index in [-0.39, 0.29) is 0 Å². The highest BCUT2D eigenvalue weighted by molar-refractivity contribution is 7.17. The monoisotopic (exact) mass is 295 g/mol. The van der Waals surface area contributed by atoms with Crippen LogP contribution in [0.25, 0.3) is 10.1 Å². The normalized spacial score (nSPS) is 12.7. The number of hydrogen-bond donors (Lipinski definition) is 1. The van der Waals surface area contributed by atoms with E-state index in [2.05, 4.69) is 79.1 Å². The molecule has 2 aromatic carbocycles. The van der Waals surface area contributed by atoms with Crippen molar-refractivity contribution in [3.05, 3.63) is 65.5 Å². The number of anilines is 1. The first-order chi connectivity index (χ1) is 10.2. The second-order valence-corrected chi connectivity index (χ2v) is 6.86. The third kappa shape index (κ3) is 3.45. The zero-order valence-corrected chi connectivity index (χ0v) is 13.4. The van der Waals surface area contributed by atoms with Gasteiger partial charge in [0.15, 0.2) is 0 Å². The summed E-state index contributed by atoms with van der Waals surface area (Å²) in [7, 11) is 0. The van der Waals surface area contributed by atoms with Gasteiger partial charge in [-0.05, 0) is 52.9 Å². The number of benzene rings is 2. The van der Waals surface area contributed by atoms with Crippen LogP contribution in [-0.4, -0.2) is 0 Å². The van der Waals surface area contributed by atoms with Crippen LogP contribution in [0.3, 0.4) is 0 Å². The molecule has 0 spiro atoms. The Balaban J connectivity index is 1.86. The molecule has 1 atom stereocenters. The van der Waals surface area contributed by atoms with E-state index in [1.165, 1.54) is 21.3 Å². The largest absolute Gasteiger partial charge is 0.378 e. The predicted octanol–water partition coefficient (Wildman–Crippen LogP) is 6.10. The average molecular weight is 295 g/mol. The Morgan fingerprint density at radius 1 is 1.00 bits per heavy atom. The van der Waals surface area contributed by atoms with E-state index >= 15 is 0 Å². The maximum Gasteiger partial charge on any atom is 0.0516 e. The molecule has 0 saturated carbocycles. The summed E-state index contributed by atoms with van der Waals surface area (Å²) < 4.78 is 1.35. The van der Waals surface area contributed by atoms with E-state index in [0.717, 1.165) is 6.42 Å². The van der Waals surface area contributed by atoms with Gasteiger partial charge in [0, 0.05) is 10.4 Å². The van der Waals surface area contributed by atoms with E-state index in [4.69, 9.17) is 0 Å². The maximum atomic E-state index is 3.71. The van der Waals surface area contributed by atoms with E-state index in [0.29, 0.717) is 12.0 Å². The van der Waals surface area contributed by atoms with Gasteiger partial charge in [0.05, 0.1) is 6.04 Å². The highest BCUT2D eigenvalue weighted by Gasteiger charge is 2.13. The van der Waals surface area contributed by atoms with Gasteiger partial charge in [-0.1, -0.05) is 44.2 Å². The van der Waals surface area contributed by atoms with E-state index in [1.54, 1.807) is 11.3 Å². The van der Waals surface area contributed by atoms with Crippen LogP contribution in [0.5, 0.6) is 0 Å². The van der Waals surface area contributed by atoms with Gasteiger partial charge in [0.25, 0.3) is 0 Å². The molecule has 1 unspecified atom stereocenters. The fraction of sp³-hybridized carbons (Fsp3) is 0.263. The van der Waals surface area contributed by atoms with Crippen LogP contribution in [0.15, 0.2) is 60.0 Å². The Morgan fingerprint density at radius 2 is 1.81 bits per heavy atom. The zero-order valence-electron chi connectivity index (χ0n) is 12.5. The number of fused-ring (bicyclic) bond motifs is 1. The van der Waals surface area contributed by atoms with Crippen molar-refractivity contribution >= 4 is 27.1 Å². The molecule has 0 aliphatic heterocycles. The average Bonchev–Trinajstić information content (AvgIpc) is 2.94. The van der Waals surface area contributed by atoms with Gasteiger partial charge in [-0.25, -0.2) is 0 Å². The van der Waals surface area contributed by atoms with Crippen molar-refractivity contribution in [3.63, 3.8) is 0 Å². The molecule has 0 radical (unpaired) electrons. The summed E-state index contributed by atoms with van der Waals surface area (Å²) in [6.07, 6.45) is 1.13. The summed E-state index contributed by atoms with van der Waals surface area (Å²) in [6.45, 7) is 4.55. The van der Waals surface area contributed by atoms with Crippen LogP contribution < -0.4 is 5.32 Å². The quantitative estimate of drug-likeness (QED) is 0.599. The van der Waals surface area contributed by atoms with Crippen LogP contribution in [0.4, 0.5) is 5.69 Å². The fourth-order valence-corrected chi connectivity index (χ4v) is 3.46. The number of rotatable bonds is 5. The van der Waals surface area contributed by atoms with Crippen molar-refractivity contribution in [2.24, 2.45) is 5.92 Å². The first kappa shape index (κ1) is 14.2. The van der Waals surface area contributed by atoms with Gasteiger partial charge in [0.2, 0.25) is 0 Å². The molecule has 108 valence electrons. The van der Waals surface area contributed by atoms with Gasteiger partial charge < -0.3 is 5.32 Å². The summed E-state index contributed by atoms with van der Waals surface area (Å²) in [5, 5.41) is 7.18. The molecule has 0 bridgehead atoms. The molecule has 0 fully saturated rings. The van der Waals surface area contributed by atoms with Gasteiger partial charge in [-0.3, -0.25) is 0 Å². The number of thiophene rings is 1. The SMILES string of the molecule is CC(C)CC(Nc1ccc2sccc2c1)c1ccccc1. The minimum absolute atomic E-state index is 0.363. The van der Waals surface area contributed by atoms with E-state index < -0.39 is 0 Å². The molecular weight excluding hydrogens is 274 g/mol. The van der Waals surface area contributed by atoms with Crippen molar-refractivity contribution in [1.29, 1.82) is 0 Å². The molecule has 0 saturated heterocycles. The third-order valence-electron chi connectivity index (χ3n) is 3.70. The highest BCUT2D eigenvalue weighted by atomic mass is 32.1. The Morgan fingerprint density at radius 3 is 2.57 bits per heavy atom. The van der Waals surface area contributed by atoms with E-state index in [1.807, 2.05) is 0 Å². The first-order valence-corrected chi connectivity index (χ1v) is 8.39. The predicted molar refractivity (Wildman–Crippen MR) is 94.1 cm³/mol. The van der Waals surface area contributed by atoms with E-state index in [9.17, 15) is 0 Å². The smallest absolute Gasteiger partial charge is 0.0516 e. The summed E-state index contributed by atoms with van der Waals surface area (Å²) >= 11 is 1.79. The van der Waals surface area contributed by atoms with Crippen LogP contribution in [0, 0.1) is 5.92 Å². The molecule has 1 aromatic heterocycles. The zero-order chi connectivity index (χ0) is 14.7. The van der Waals surface area contributed by atoms with Gasteiger partial charge >= 0.3 is 0 Å². The Hall–Kier alpha value is -1.80. The number of nitrogens with one attached hydrogen (secondary N) is 1. The van der Waals surface area contributed by atoms with Crippen molar-refractivity contribution in [1.82, 2.24) is 0 Å². The summed E-state index contributed by atoms with van der Waals surface area (Å²) in [4.78, 5) is 0. The molecule has 0 aliphatic rings.